The Kier molecular flexibility index (Phi) is 6.88. The van der Waals surface area contributed by atoms with Crippen LogP contribution < -0.4 is 25.0 Å². The molecule has 0 aromatic heterocycles. The van der Waals surface area contributed by atoms with Gasteiger partial charge in [-0.1, -0.05) is 17.7 Å². The van der Waals surface area contributed by atoms with Gasteiger partial charge in [0, 0.05) is 17.7 Å². The number of benzene rings is 2. The van der Waals surface area contributed by atoms with Crippen molar-refractivity contribution in [2.45, 2.75) is 0 Å². The van der Waals surface area contributed by atoms with Crippen molar-refractivity contribution in [1.29, 1.82) is 0 Å². The van der Waals surface area contributed by atoms with Crippen molar-refractivity contribution < 1.29 is 19.3 Å². The molecule has 0 bridgehead atoms. The second kappa shape index (κ2) is 9.12. The summed E-state index contributed by atoms with van der Waals surface area (Å²) in [6, 6.07) is 8.34. The van der Waals surface area contributed by atoms with Gasteiger partial charge < -0.3 is 24.6 Å². The van der Waals surface area contributed by atoms with Crippen LogP contribution >= 0.6 is 23.8 Å². The van der Waals surface area contributed by atoms with E-state index >= 15 is 0 Å². The number of thiocarbonyl (C=S) groups is 1. The standard InChI is InChI=1S/C17H18ClN3O4S/c1-23-13-6-4-5-10(16(13)22)9-19-21-17(26)20-12-8-14(24-2)11(18)7-15(12)25-3/h4-9,22H,1-3H3,(H2,20,21,26)/b19-9-. The molecule has 2 aromatic rings. The van der Waals surface area contributed by atoms with Crippen molar-refractivity contribution in [2.75, 3.05) is 26.6 Å². The zero-order valence-corrected chi connectivity index (χ0v) is 15.9. The van der Waals surface area contributed by atoms with Crippen LogP contribution in [0.2, 0.25) is 5.02 Å². The molecule has 3 N–H and O–H groups in total. The Balaban J connectivity index is 2.08. The fourth-order valence-electron chi connectivity index (χ4n) is 2.08. The minimum Gasteiger partial charge on any atom is -0.504 e. The van der Waals surface area contributed by atoms with Gasteiger partial charge >= 0.3 is 0 Å². The number of halogens is 1. The zero-order chi connectivity index (χ0) is 19.1. The highest BCUT2D eigenvalue weighted by molar-refractivity contribution is 7.80. The summed E-state index contributed by atoms with van der Waals surface area (Å²) in [7, 11) is 4.50. The Morgan fingerprint density at radius 2 is 1.81 bits per heavy atom. The number of nitrogens with one attached hydrogen (secondary N) is 2. The highest BCUT2D eigenvalue weighted by Crippen LogP contribution is 2.35. The van der Waals surface area contributed by atoms with Crippen molar-refractivity contribution in [3.63, 3.8) is 0 Å². The molecule has 0 aliphatic heterocycles. The predicted molar refractivity (Wildman–Crippen MR) is 106 cm³/mol. The fraction of sp³-hybridized carbons (Fsp3) is 0.176. The first-order valence-electron chi connectivity index (χ1n) is 7.37. The lowest BCUT2D eigenvalue weighted by molar-refractivity contribution is 0.373. The summed E-state index contributed by atoms with van der Waals surface area (Å²) in [6.45, 7) is 0. The van der Waals surface area contributed by atoms with Crippen LogP contribution in [-0.4, -0.2) is 37.8 Å². The van der Waals surface area contributed by atoms with Gasteiger partial charge in [0.25, 0.3) is 0 Å². The Bertz CT molecular complexity index is 830. The van der Waals surface area contributed by atoms with E-state index in [1.807, 2.05) is 0 Å². The van der Waals surface area contributed by atoms with Crippen LogP contribution in [0.3, 0.4) is 0 Å². The molecule has 0 aliphatic rings. The van der Waals surface area contributed by atoms with Gasteiger partial charge in [0.15, 0.2) is 16.6 Å². The SMILES string of the molecule is COc1cc(NC(=S)N/N=C\c2cccc(OC)c2O)c(OC)cc1Cl. The Hall–Kier alpha value is -2.71. The Labute approximate surface area is 161 Å². The van der Waals surface area contributed by atoms with Gasteiger partial charge in [-0.3, -0.25) is 5.43 Å². The average molecular weight is 396 g/mol. The van der Waals surface area contributed by atoms with Gasteiger partial charge in [0.05, 0.1) is 38.3 Å². The van der Waals surface area contributed by atoms with Gasteiger partial charge in [0.2, 0.25) is 0 Å². The van der Waals surface area contributed by atoms with Crippen LogP contribution in [-0.2, 0) is 0 Å². The van der Waals surface area contributed by atoms with Gasteiger partial charge in [-0.05, 0) is 24.4 Å². The first kappa shape index (κ1) is 19.6. The summed E-state index contributed by atoms with van der Waals surface area (Å²) >= 11 is 11.3. The van der Waals surface area contributed by atoms with Crippen molar-refractivity contribution >= 4 is 40.8 Å². The third kappa shape index (κ3) is 4.68. The van der Waals surface area contributed by atoms with E-state index in [1.54, 1.807) is 30.3 Å². The van der Waals surface area contributed by atoms with E-state index in [-0.39, 0.29) is 10.9 Å². The number of phenolic OH excluding ortho intramolecular Hbond substituents is 1. The molecule has 2 rings (SSSR count). The monoisotopic (exact) mass is 395 g/mol. The molecule has 0 heterocycles. The van der Waals surface area contributed by atoms with E-state index in [9.17, 15) is 5.11 Å². The molecule has 26 heavy (non-hydrogen) atoms. The van der Waals surface area contributed by atoms with E-state index in [2.05, 4.69) is 15.8 Å². The Morgan fingerprint density at radius 1 is 1.12 bits per heavy atom. The molecule has 0 fully saturated rings. The first-order valence-corrected chi connectivity index (χ1v) is 8.16. The lowest BCUT2D eigenvalue weighted by Crippen LogP contribution is -2.24. The zero-order valence-electron chi connectivity index (χ0n) is 14.4. The van der Waals surface area contributed by atoms with E-state index < -0.39 is 0 Å². The molecule has 9 heteroatoms. The second-order valence-electron chi connectivity index (χ2n) is 4.91. The summed E-state index contributed by atoms with van der Waals surface area (Å²) in [6.07, 6.45) is 1.42. The molecule has 0 saturated carbocycles. The third-order valence-corrected chi connectivity index (χ3v) is 3.83. The normalized spacial score (nSPS) is 10.5. The molecular weight excluding hydrogens is 378 g/mol. The van der Waals surface area contributed by atoms with Crippen LogP contribution in [0.4, 0.5) is 5.69 Å². The topological polar surface area (TPSA) is 84.3 Å². The lowest BCUT2D eigenvalue weighted by Gasteiger charge is -2.14. The van der Waals surface area contributed by atoms with E-state index in [1.165, 1.54) is 27.5 Å². The van der Waals surface area contributed by atoms with Crippen molar-refractivity contribution in [2.24, 2.45) is 5.10 Å². The summed E-state index contributed by atoms with van der Waals surface area (Å²) in [5, 5.41) is 17.6. The summed E-state index contributed by atoms with van der Waals surface area (Å²) in [5.41, 5.74) is 3.69. The second-order valence-corrected chi connectivity index (χ2v) is 5.72. The van der Waals surface area contributed by atoms with Gasteiger partial charge in [-0.25, -0.2) is 0 Å². The number of para-hydroxylation sites is 1. The van der Waals surface area contributed by atoms with Crippen LogP contribution in [0.1, 0.15) is 5.56 Å². The lowest BCUT2D eigenvalue weighted by atomic mass is 10.2. The molecule has 7 nitrogen and oxygen atoms in total. The molecule has 0 atom stereocenters. The van der Waals surface area contributed by atoms with Crippen LogP contribution in [0.15, 0.2) is 35.4 Å². The van der Waals surface area contributed by atoms with Gasteiger partial charge in [-0.2, -0.15) is 5.10 Å². The Morgan fingerprint density at radius 3 is 2.46 bits per heavy atom. The molecular formula is C17H18ClN3O4S. The molecule has 0 aliphatic carbocycles. The minimum atomic E-state index is -0.0106. The van der Waals surface area contributed by atoms with E-state index in [0.29, 0.717) is 33.5 Å². The summed E-state index contributed by atoms with van der Waals surface area (Å²) in [4.78, 5) is 0. The minimum absolute atomic E-state index is 0.0106. The number of methoxy groups -OCH3 is 3. The number of nitrogens with zero attached hydrogens (tertiary/aromatic N) is 1. The fourth-order valence-corrected chi connectivity index (χ4v) is 2.47. The number of anilines is 1. The number of hydrogen-bond acceptors (Lipinski definition) is 6. The maximum Gasteiger partial charge on any atom is 0.191 e. The number of phenols is 1. The first-order chi connectivity index (χ1) is 12.5. The molecule has 0 unspecified atom stereocenters. The van der Waals surface area contributed by atoms with E-state index in [0.717, 1.165) is 0 Å². The largest absolute Gasteiger partial charge is 0.504 e. The van der Waals surface area contributed by atoms with Crippen molar-refractivity contribution in [3.05, 3.63) is 40.9 Å². The third-order valence-electron chi connectivity index (χ3n) is 3.34. The molecule has 0 amide bonds. The number of ether oxygens (including phenoxy) is 3. The highest BCUT2D eigenvalue weighted by Gasteiger charge is 2.11. The quantitative estimate of drug-likeness (QED) is 0.392. The predicted octanol–water partition coefficient (Wildman–Crippen LogP) is 3.39. The van der Waals surface area contributed by atoms with Crippen LogP contribution in [0.25, 0.3) is 0 Å². The number of hydrazone groups is 1. The highest BCUT2D eigenvalue weighted by atomic mass is 35.5. The maximum atomic E-state index is 10.0. The maximum absolute atomic E-state index is 10.0. The van der Waals surface area contributed by atoms with E-state index in [4.69, 9.17) is 38.0 Å². The number of rotatable bonds is 6. The molecule has 138 valence electrons. The smallest absolute Gasteiger partial charge is 0.191 e. The molecule has 0 radical (unpaired) electrons. The van der Waals surface area contributed by atoms with Gasteiger partial charge in [-0.15, -0.1) is 0 Å². The van der Waals surface area contributed by atoms with Crippen LogP contribution in [0.5, 0.6) is 23.0 Å². The molecule has 2 aromatic carbocycles. The van der Waals surface area contributed by atoms with Crippen molar-refractivity contribution in [3.8, 4) is 23.0 Å². The van der Waals surface area contributed by atoms with Crippen molar-refractivity contribution in [1.82, 2.24) is 5.43 Å². The average Bonchev–Trinajstić information content (AvgIpc) is 2.64. The summed E-state index contributed by atoms with van der Waals surface area (Å²) < 4.78 is 15.5. The van der Waals surface area contributed by atoms with Crippen LogP contribution in [0, 0.1) is 0 Å². The number of aromatic hydroxyl groups is 1. The summed E-state index contributed by atoms with van der Waals surface area (Å²) in [5.74, 6) is 1.31. The molecule has 0 spiro atoms. The number of hydrogen-bond donors (Lipinski definition) is 3. The molecule has 0 saturated heterocycles. The van der Waals surface area contributed by atoms with Gasteiger partial charge in [0.1, 0.15) is 11.5 Å².